The van der Waals surface area contributed by atoms with Crippen LogP contribution in [0, 0.1) is 5.82 Å². The molecule has 162 valence electrons. The van der Waals surface area contributed by atoms with E-state index in [2.05, 4.69) is 5.32 Å². The third-order valence-electron chi connectivity index (χ3n) is 4.31. The standard InChI is InChI=1S/C19H20ClFN2O6S/c1-27-18-5-3-14(30(25,26)23-6-8-28-9-7-23)11-16(18)22-19(24)12-29-17-4-2-13(21)10-15(17)20/h2-5,10-11H,6-9,12H2,1H3,(H,22,24). The largest absolute Gasteiger partial charge is 0.495 e. The fourth-order valence-electron chi connectivity index (χ4n) is 2.80. The SMILES string of the molecule is COc1ccc(S(=O)(=O)N2CCOCC2)cc1NC(=O)COc1ccc(F)cc1Cl. The second kappa shape index (κ2) is 9.61. The third kappa shape index (κ3) is 5.20. The van der Waals surface area contributed by atoms with Gasteiger partial charge in [0.15, 0.2) is 6.61 Å². The minimum absolute atomic E-state index is 0.0167. The number of sulfonamides is 1. The van der Waals surface area contributed by atoms with Gasteiger partial charge in [-0.05, 0) is 36.4 Å². The summed E-state index contributed by atoms with van der Waals surface area (Å²) in [5, 5.41) is 2.59. The summed E-state index contributed by atoms with van der Waals surface area (Å²) in [6, 6.07) is 7.72. The van der Waals surface area contributed by atoms with Gasteiger partial charge in [-0.15, -0.1) is 0 Å². The quantitative estimate of drug-likeness (QED) is 0.685. The first-order valence-corrected chi connectivity index (χ1v) is 10.8. The molecule has 11 heteroatoms. The number of rotatable bonds is 7. The van der Waals surface area contributed by atoms with Gasteiger partial charge in [-0.1, -0.05) is 11.6 Å². The first-order chi connectivity index (χ1) is 14.3. The monoisotopic (exact) mass is 458 g/mol. The molecule has 1 aliphatic rings. The Labute approximate surface area is 178 Å². The number of carbonyl (C=O) groups excluding carboxylic acids is 1. The number of carbonyl (C=O) groups is 1. The zero-order valence-corrected chi connectivity index (χ0v) is 17.6. The summed E-state index contributed by atoms with van der Waals surface area (Å²) >= 11 is 5.87. The van der Waals surface area contributed by atoms with Crippen molar-refractivity contribution in [2.75, 3.05) is 45.3 Å². The lowest BCUT2D eigenvalue weighted by atomic mass is 10.3. The fraction of sp³-hybridized carbons (Fsp3) is 0.316. The van der Waals surface area contributed by atoms with Crippen molar-refractivity contribution in [3.8, 4) is 11.5 Å². The molecule has 1 amide bonds. The van der Waals surface area contributed by atoms with Crippen LogP contribution in [0.3, 0.4) is 0 Å². The van der Waals surface area contributed by atoms with E-state index in [9.17, 15) is 17.6 Å². The van der Waals surface area contributed by atoms with Crippen LogP contribution in [-0.2, 0) is 19.6 Å². The Morgan fingerprint density at radius 3 is 2.57 bits per heavy atom. The predicted molar refractivity (Wildman–Crippen MR) is 108 cm³/mol. The molecule has 3 rings (SSSR count). The zero-order valence-electron chi connectivity index (χ0n) is 16.1. The molecule has 2 aromatic carbocycles. The molecular formula is C19H20ClFN2O6S. The van der Waals surface area contributed by atoms with Crippen molar-refractivity contribution in [1.82, 2.24) is 4.31 Å². The van der Waals surface area contributed by atoms with Crippen molar-refractivity contribution in [3.63, 3.8) is 0 Å². The average molecular weight is 459 g/mol. The summed E-state index contributed by atoms with van der Waals surface area (Å²) in [4.78, 5) is 12.3. The highest BCUT2D eigenvalue weighted by molar-refractivity contribution is 7.89. The van der Waals surface area contributed by atoms with E-state index >= 15 is 0 Å². The molecule has 0 unspecified atom stereocenters. The number of hydrogen-bond acceptors (Lipinski definition) is 6. The molecule has 0 bridgehead atoms. The van der Waals surface area contributed by atoms with Crippen LogP contribution in [0.25, 0.3) is 0 Å². The molecule has 1 N–H and O–H groups in total. The number of nitrogens with one attached hydrogen (secondary N) is 1. The fourth-order valence-corrected chi connectivity index (χ4v) is 4.46. The normalized spacial score (nSPS) is 14.9. The molecule has 2 aromatic rings. The molecule has 1 heterocycles. The smallest absolute Gasteiger partial charge is 0.262 e. The summed E-state index contributed by atoms with van der Waals surface area (Å²) in [7, 11) is -2.35. The molecule has 0 saturated carbocycles. The zero-order chi connectivity index (χ0) is 21.7. The van der Waals surface area contributed by atoms with E-state index in [-0.39, 0.29) is 40.2 Å². The Kier molecular flexibility index (Phi) is 7.14. The Morgan fingerprint density at radius 1 is 1.20 bits per heavy atom. The van der Waals surface area contributed by atoms with Crippen molar-refractivity contribution < 1.29 is 31.8 Å². The third-order valence-corrected chi connectivity index (χ3v) is 6.50. The van der Waals surface area contributed by atoms with Crippen LogP contribution < -0.4 is 14.8 Å². The number of methoxy groups -OCH3 is 1. The van der Waals surface area contributed by atoms with Crippen molar-refractivity contribution in [3.05, 3.63) is 47.2 Å². The van der Waals surface area contributed by atoms with E-state index in [1.54, 1.807) is 0 Å². The van der Waals surface area contributed by atoms with Crippen LogP contribution in [0.4, 0.5) is 10.1 Å². The van der Waals surface area contributed by atoms with Crippen molar-refractivity contribution in [1.29, 1.82) is 0 Å². The molecule has 1 saturated heterocycles. The molecular weight excluding hydrogens is 439 g/mol. The summed E-state index contributed by atoms with van der Waals surface area (Å²) in [6.45, 7) is 0.726. The summed E-state index contributed by atoms with van der Waals surface area (Å²) < 4.78 is 55.8. The van der Waals surface area contributed by atoms with Gasteiger partial charge in [-0.25, -0.2) is 12.8 Å². The van der Waals surface area contributed by atoms with Crippen LogP contribution in [0.2, 0.25) is 5.02 Å². The number of amides is 1. The number of hydrogen-bond donors (Lipinski definition) is 1. The Balaban J connectivity index is 1.74. The Morgan fingerprint density at radius 2 is 1.90 bits per heavy atom. The van der Waals surface area contributed by atoms with Gasteiger partial charge in [0.2, 0.25) is 10.0 Å². The molecule has 0 aromatic heterocycles. The van der Waals surface area contributed by atoms with E-state index in [4.69, 9.17) is 25.8 Å². The number of ether oxygens (including phenoxy) is 3. The summed E-state index contributed by atoms with van der Waals surface area (Å²) in [5.41, 5.74) is 0.172. The molecule has 0 aliphatic carbocycles. The van der Waals surface area contributed by atoms with Gasteiger partial charge < -0.3 is 19.5 Å². The van der Waals surface area contributed by atoms with E-state index in [0.717, 1.165) is 12.1 Å². The van der Waals surface area contributed by atoms with Crippen LogP contribution in [0.5, 0.6) is 11.5 Å². The summed E-state index contributed by atoms with van der Waals surface area (Å²) in [6.07, 6.45) is 0. The van der Waals surface area contributed by atoms with Gasteiger partial charge in [-0.3, -0.25) is 4.79 Å². The molecule has 1 aliphatic heterocycles. The van der Waals surface area contributed by atoms with E-state index < -0.39 is 28.4 Å². The van der Waals surface area contributed by atoms with Gasteiger partial charge in [0.05, 0.1) is 35.9 Å². The molecule has 1 fully saturated rings. The van der Waals surface area contributed by atoms with Crippen LogP contribution in [0.15, 0.2) is 41.3 Å². The van der Waals surface area contributed by atoms with Crippen LogP contribution >= 0.6 is 11.6 Å². The number of halogens is 2. The van der Waals surface area contributed by atoms with Gasteiger partial charge in [0, 0.05) is 13.1 Å². The van der Waals surface area contributed by atoms with Crippen molar-refractivity contribution >= 4 is 33.2 Å². The molecule has 8 nitrogen and oxygen atoms in total. The van der Waals surface area contributed by atoms with Crippen molar-refractivity contribution in [2.45, 2.75) is 4.90 Å². The summed E-state index contributed by atoms with van der Waals surface area (Å²) in [5.74, 6) is -0.678. The minimum Gasteiger partial charge on any atom is -0.495 e. The van der Waals surface area contributed by atoms with Gasteiger partial charge in [0.25, 0.3) is 5.91 Å². The number of nitrogens with zero attached hydrogens (tertiary/aromatic N) is 1. The highest BCUT2D eigenvalue weighted by Gasteiger charge is 2.27. The van der Waals surface area contributed by atoms with Crippen LogP contribution in [-0.4, -0.2) is 58.7 Å². The second-order valence-corrected chi connectivity index (χ2v) is 8.64. The lowest BCUT2D eigenvalue weighted by Gasteiger charge is -2.26. The maximum atomic E-state index is 13.1. The van der Waals surface area contributed by atoms with Crippen LogP contribution in [0.1, 0.15) is 0 Å². The average Bonchev–Trinajstić information content (AvgIpc) is 2.73. The number of morpholine rings is 1. The van der Waals surface area contributed by atoms with Gasteiger partial charge in [-0.2, -0.15) is 4.31 Å². The first-order valence-electron chi connectivity index (χ1n) is 8.95. The van der Waals surface area contributed by atoms with E-state index in [0.29, 0.717) is 13.2 Å². The number of anilines is 1. The molecule has 30 heavy (non-hydrogen) atoms. The van der Waals surface area contributed by atoms with E-state index in [1.165, 1.54) is 35.7 Å². The molecule has 0 radical (unpaired) electrons. The Hall–Kier alpha value is -2.40. The van der Waals surface area contributed by atoms with E-state index in [1.807, 2.05) is 0 Å². The predicted octanol–water partition coefficient (Wildman–Crippen LogP) is 2.53. The topological polar surface area (TPSA) is 94.2 Å². The molecule has 0 spiro atoms. The van der Waals surface area contributed by atoms with Gasteiger partial charge >= 0.3 is 0 Å². The lowest BCUT2D eigenvalue weighted by molar-refractivity contribution is -0.118. The lowest BCUT2D eigenvalue weighted by Crippen LogP contribution is -2.40. The highest BCUT2D eigenvalue weighted by atomic mass is 35.5. The second-order valence-electron chi connectivity index (χ2n) is 6.29. The van der Waals surface area contributed by atoms with Crippen molar-refractivity contribution in [2.24, 2.45) is 0 Å². The Bertz CT molecular complexity index is 1030. The number of benzene rings is 2. The maximum absolute atomic E-state index is 13.1. The highest BCUT2D eigenvalue weighted by Crippen LogP contribution is 2.29. The first kappa shape index (κ1) is 22.3. The maximum Gasteiger partial charge on any atom is 0.262 e. The van der Waals surface area contributed by atoms with Gasteiger partial charge in [0.1, 0.15) is 17.3 Å². The minimum atomic E-state index is -3.75. The molecule has 0 atom stereocenters.